The molecular formula is C11H13N3O2. The average Bonchev–Trinajstić information content (AvgIpc) is 2.28. The maximum Gasteiger partial charge on any atom is 0.205 e. The van der Waals surface area contributed by atoms with Crippen molar-refractivity contribution in [2.75, 3.05) is 12.3 Å². The van der Waals surface area contributed by atoms with Crippen LogP contribution in [0.15, 0.2) is 36.0 Å². The van der Waals surface area contributed by atoms with Gasteiger partial charge in [0, 0.05) is 23.0 Å². The van der Waals surface area contributed by atoms with Gasteiger partial charge in [0.25, 0.3) is 0 Å². The third-order valence-electron chi connectivity index (χ3n) is 1.98. The minimum Gasteiger partial charge on any atom is -0.400 e. The van der Waals surface area contributed by atoms with Crippen LogP contribution in [0.2, 0.25) is 0 Å². The van der Waals surface area contributed by atoms with Gasteiger partial charge in [-0.3, -0.25) is 10.2 Å². The van der Waals surface area contributed by atoms with Gasteiger partial charge < -0.3 is 16.6 Å². The zero-order valence-electron chi connectivity index (χ0n) is 8.60. The Hall–Kier alpha value is -2.14. The molecule has 0 aromatic heterocycles. The van der Waals surface area contributed by atoms with E-state index in [1.54, 1.807) is 24.3 Å². The molecule has 0 radical (unpaired) electrons. The van der Waals surface area contributed by atoms with Crippen LogP contribution in [0.4, 0.5) is 5.69 Å². The van der Waals surface area contributed by atoms with Gasteiger partial charge in [-0.15, -0.1) is 0 Å². The Morgan fingerprint density at radius 2 is 2.06 bits per heavy atom. The second kappa shape index (κ2) is 5.09. The van der Waals surface area contributed by atoms with Crippen molar-refractivity contribution in [2.24, 2.45) is 5.73 Å². The Balaban J connectivity index is 2.96. The molecule has 84 valence electrons. The predicted octanol–water partition coefficient (Wildman–Crippen LogP) is 0.0407. The van der Waals surface area contributed by atoms with Crippen LogP contribution >= 0.6 is 0 Å². The van der Waals surface area contributed by atoms with Crippen LogP contribution in [0.3, 0.4) is 0 Å². The highest BCUT2D eigenvalue weighted by atomic mass is 16.3. The van der Waals surface area contributed by atoms with Crippen LogP contribution < -0.4 is 11.5 Å². The standard InChI is InChI=1S/C11H13N3O2/c12-7(6-15)5-10(16)11(14)8-3-1-2-4-9(8)13/h1-5,14-15H,6,12-13H2. The molecule has 0 aliphatic carbocycles. The Morgan fingerprint density at radius 1 is 1.44 bits per heavy atom. The fourth-order valence-corrected chi connectivity index (χ4v) is 1.14. The highest BCUT2D eigenvalue weighted by molar-refractivity contribution is 6.49. The van der Waals surface area contributed by atoms with E-state index < -0.39 is 12.4 Å². The Morgan fingerprint density at radius 3 is 2.62 bits per heavy atom. The third-order valence-corrected chi connectivity index (χ3v) is 1.98. The molecule has 0 unspecified atom stereocenters. The van der Waals surface area contributed by atoms with Crippen LogP contribution in [-0.2, 0) is 4.79 Å². The topological polar surface area (TPSA) is 113 Å². The van der Waals surface area contributed by atoms with Crippen molar-refractivity contribution in [1.82, 2.24) is 0 Å². The number of nitrogen functional groups attached to an aromatic ring is 1. The predicted molar refractivity (Wildman–Crippen MR) is 62.0 cm³/mol. The van der Waals surface area contributed by atoms with Gasteiger partial charge in [-0.2, -0.15) is 0 Å². The first-order chi connectivity index (χ1) is 7.56. The summed E-state index contributed by atoms with van der Waals surface area (Å²) < 4.78 is 0. The number of rotatable bonds is 4. The van der Waals surface area contributed by atoms with Crippen molar-refractivity contribution in [2.45, 2.75) is 0 Å². The maximum absolute atomic E-state index is 11.5. The van der Waals surface area contributed by atoms with Gasteiger partial charge >= 0.3 is 0 Å². The van der Waals surface area contributed by atoms with E-state index in [0.717, 1.165) is 6.08 Å². The highest BCUT2D eigenvalue weighted by Crippen LogP contribution is 2.11. The lowest BCUT2D eigenvalue weighted by atomic mass is 10.0. The molecule has 5 nitrogen and oxygen atoms in total. The summed E-state index contributed by atoms with van der Waals surface area (Å²) in [6, 6.07) is 6.59. The average molecular weight is 219 g/mol. The lowest BCUT2D eigenvalue weighted by molar-refractivity contribution is -0.108. The van der Waals surface area contributed by atoms with Crippen molar-refractivity contribution in [3.63, 3.8) is 0 Å². The summed E-state index contributed by atoms with van der Waals surface area (Å²) in [7, 11) is 0. The van der Waals surface area contributed by atoms with Crippen LogP contribution in [0.5, 0.6) is 0 Å². The number of hydrogen-bond acceptors (Lipinski definition) is 5. The van der Waals surface area contributed by atoms with E-state index in [-0.39, 0.29) is 11.4 Å². The summed E-state index contributed by atoms with van der Waals surface area (Å²) in [4.78, 5) is 11.5. The van der Waals surface area contributed by atoms with Crippen molar-refractivity contribution < 1.29 is 9.90 Å². The number of para-hydroxylation sites is 1. The molecule has 0 bridgehead atoms. The molecule has 0 atom stereocenters. The van der Waals surface area contributed by atoms with E-state index in [9.17, 15) is 4.79 Å². The van der Waals surface area contributed by atoms with Crippen LogP contribution in [0.1, 0.15) is 5.56 Å². The van der Waals surface area contributed by atoms with E-state index in [2.05, 4.69) is 0 Å². The summed E-state index contributed by atoms with van der Waals surface area (Å²) in [5.74, 6) is -0.579. The monoisotopic (exact) mass is 219 g/mol. The number of carbonyl (C=O) groups excluding carboxylic acids is 1. The minimum atomic E-state index is -0.579. The van der Waals surface area contributed by atoms with Crippen LogP contribution in [0.25, 0.3) is 0 Å². The van der Waals surface area contributed by atoms with Gasteiger partial charge in [-0.05, 0) is 6.07 Å². The number of anilines is 1. The normalized spacial score (nSPS) is 11.2. The molecule has 0 fully saturated rings. The fraction of sp³-hybridized carbons (Fsp3) is 0.0909. The molecule has 5 heteroatoms. The van der Waals surface area contributed by atoms with E-state index in [0.29, 0.717) is 11.3 Å². The number of nitrogens with two attached hydrogens (primary N) is 2. The first-order valence-electron chi connectivity index (χ1n) is 4.61. The van der Waals surface area contributed by atoms with Gasteiger partial charge in [0.15, 0.2) is 0 Å². The Kier molecular flexibility index (Phi) is 3.79. The number of allylic oxidation sites excluding steroid dienone is 1. The Bertz CT molecular complexity index is 452. The molecular weight excluding hydrogens is 206 g/mol. The highest BCUT2D eigenvalue weighted by Gasteiger charge is 2.12. The summed E-state index contributed by atoms with van der Waals surface area (Å²) in [5.41, 5.74) is 11.4. The Labute approximate surface area is 92.9 Å². The van der Waals surface area contributed by atoms with Gasteiger partial charge in [0.1, 0.15) is 5.71 Å². The van der Waals surface area contributed by atoms with E-state index in [1.165, 1.54) is 0 Å². The molecule has 0 aliphatic heterocycles. The second-order valence-electron chi connectivity index (χ2n) is 3.20. The first-order valence-corrected chi connectivity index (χ1v) is 4.61. The molecule has 0 heterocycles. The summed E-state index contributed by atoms with van der Waals surface area (Å²) in [6.45, 7) is -0.413. The summed E-state index contributed by atoms with van der Waals surface area (Å²) >= 11 is 0. The van der Waals surface area contributed by atoms with Gasteiger partial charge in [-0.1, -0.05) is 18.2 Å². The number of nitrogens with one attached hydrogen (secondary N) is 1. The zero-order chi connectivity index (χ0) is 12.1. The first kappa shape index (κ1) is 11.9. The number of carbonyl (C=O) groups is 1. The smallest absolute Gasteiger partial charge is 0.205 e. The number of aliphatic hydroxyl groups is 1. The van der Waals surface area contributed by atoms with Crippen molar-refractivity contribution in [3.8, 4) is 0 Å². The molecule has 0 saturated carbocycles. The molecule has 6 N–H and O–H groups in total. The number of hydrogen-bond donors (Lipinski definition) is 4. The largest absolute Gasteiger partial charge is 0.400 e. The molecule has 0 saturated heterocycles. The van der Waals surface area contributed by atoms with Crippen molar-refractivity contribution in [1.29, 1.82) is 5.41 Å². The maximum atomic E-state index is 11.5. The van der Waals surface area contributed by atoms with Crippen LogP contribution in [-0.4, -0.2) is 23.2 Å². The molecule has 1 aromatic carbocycles. The van der Waals surface area contributed by atoms with E-state index in [1.807, 2.05) is 0 Å². The van der Waals surface area contributed by atoms with Gasteiger partial charge in [-0.25, -0.2) is 0 Å². The molecule has 0 spiro atoms. The van der Waals surface area contributed by atoms with Gasteiger partial charge in [0.2, 0.25) is 5.78 Å². The van der Waals surface area contributed by atoms with Gasteiger partial charge in [0.05, 0.1) is 6.61 Å². The fourth-order valence-electron chi connectivity index (χ4n) is 1.14. The lowest BCUT2D eigenvalue weighted by Crippen LogP contribution is -2.16. The van der Waals surface area contributed by atoms with E-state index in [4.69, 9.17) is 22.0 Å². The molecule has 16 heavy (non-hydrogen) atoms. The quantitative estimate of drug-likeness (QED) is 0.325. The van der Waals surface area contributed by atoms with Crippen molar-refractivity contribution >= 4 is 17.2 Å². The number of ketones is 1. The molecule has 1 aromatic rings. The van der Waals surface area contributed by atoms with Crippen molar-refractivity contribution in [3.05, 3.63) is 41.6 Å². The second-order valence-corrected chi connectivity index (χ2v) is 3.20. The number of benzene rings is 1. The molecule has 0 amide bonds. The summed E-state index contributed by atoms with van der Waals surface area (Å²) in [5, 5.41) is 16.3. The lowest BCUT2D eigenvalue weighted by Gasteiger charge is -2.04. The summed E-state index contributed by atoms with van der Waals surface area (Å²) in [6.07, 6.45) is 1.02. The minimum absolute atomic E-state index is 0.0178. The van der Waals surface area contributed by atoms with Crippen LogP contribution in [0, 0.1) is 5.41 Å². The zero-order valence-corrected chi connectivity index (χ0v) is 8.60. The SMILES string of the molecule is N=C(C(=O)C=C(N)CO)c1ccccc1N. The molecule has 0 aliphatic rings. The third kappa shape index (κ3) is 2.68. The molecule has 1 rings (SSSR count). The number of aliphatic hydroxyl groups excluding tert-OH is 1. The van der Waals surface area contributed by atoms with E-state index >= 15 is 0 Å².